The molecule has 0 saturated carbocycles. The molecule has 0 aliphatic heterocycles. The molecule has 0 radical (unpaired) electrons. The Morgan fingerprint density at radius 1 is 0.614 bits per heavy atom. The Labute approximate surface area is 329 Å². The molecule has 286 valence electrons. The topological polar surface area (TPSA) is 141 Å². The number of carboxylic acid groups (broad SMARTS) is 1. The minimum absolute atomic E-state index is 0.0861. The van der Waals surface area contributed by atoms with Crippen molar-refractivity contribution in [3.8, 4) is 33.8 Å². The zero-order valence-corrected chi connectivity index (χ0v) is 31.5. The van der Waals surface area contributed by atoms with E-state index in [4.69, 9.17) is 19.7 Å². The number of aromatic carboxylic acids is 1. The van der Waals surface area contributed by atoms with Crippen LogP contribution in [0.4, 0.5) is 0 Å². The average molecular weight is 760 g/mol. The van der Waals surface area contributed by atoms with E-state index in [1.54, 1.807) is 38.5 Å². The van der Waals surface area contributed by atoms with Crippen molar-refractivity contribution in [2.75, 3.05) is 27.4 Å². The molecule has 0 aliphatic rings. The lowest BCUT2D eigenvalue weighted by atomic mass is 10.00. The van der Waals surface area contributed by atoms with Crippen LogP contribution >= 0.6 is 0 Å². The monoisotopic (exact) mass is 759 g/mol. The maximum Gasteiger partial charge on any atom is 0.335 e. The van der Waals surface area contributed by atoms with Crippen LogP contribution in [0.3, 0.4) is 0 Å². The zero-order chi connectivity index (χ0) is 39.7. The van der Waals surface area contributed by atoms with Crippen molar-refractivity contribution in [3.05, 3.63) is 168 Å². The number of ether oxygens (including phenoxy) is 2. The van der Waals surface area contributed by atoms with E-state index in [1.807, 2.05) is 131 Å². The second kappa shape index (κ2) is 17.5. The fourth-order valence-corrected chi connectivity index (χ4v) is 6.68. The molecule has 2 heterocycles. The molecule has 0 fully saturated rings. The van der Waals surface area contributed by atoms with Crippen molar-refractivity contribution in [2.24, 2.45) is 0 Å². The van der Waals surface area contributed by atoms with E-state index in [0.29, 0.717) is 18.7 Å². The third-order valence-electron chi connectivity index (χ3n) is 9.41. The summed E-state index contributed by atoms with van der Waals surface area (Å²) in [5.41, 5.74) is 8.58. The number of hydrogen-bond acceptors (Lipinski definition) is 7. The van der Waals surface area contributed by atoms with Crippen LogP contribution < -0.4 is 14.8 Å². The Kier molecular flexibility index (Phi) is 11.7. The van der Waals surface area contributed by atoms with Crippen LogP contribution in [-0.4, -0.2) is 69.0 Å². The SMILES string of the molecule is COc1cccc(Cn2cc3c(-c4cccc(C(=O)NCCO)c4)cccc3n2)c1.COc1cccc(Cn2cc3c(-c4cccc(C(=O)O)c4)cccc3n2)c1. The molecule has 1 amide bonds. The number of carbonyl (C=O) groups is 2. The number of amides is 1. The first kappa shape index (κ1) is 38.1. The summed E-state index contributed by atoms with van der Waals surface area (Å²) in [5.74, 6) is 0.501. The van der Waals surface area contributed by atoms with Crippen molar-refractivity contribution >= 4 is 33.7 Å². The van der Waals surface area contributed by atoms with Gasteiger partial charge in [0, 0.05) is 35.3 Å². The van der Waals surface area contributed by atoms with Crippen LogP contribution in [0, 0.1) is 0 Å². The Balaban J connectivity index is 0.000000175. The molecule has 0 unspecified atom stereocenters. The number of carboxylic acids is 1. The summed E-state index contributed by atoms with van der Waals surface area (Å²) in [7, 11) is 3.31. The van der Waals surface area contributed by atoms with Gasteiger partial charge in [0.25, 0.3) is 5.91 Å². The molecular weight excluding hydrogens is 719 g/mol. The third-order valence-corrected chi connectivity index (χ3v) is 9.41. The normalized spacial score (nSPS) is 10.9. The molecule has 0 bridgehead atoms. The summed E-state index contributed by atoms with van der Waals surface area (Å²) in [5, 5.41) is 32.3. The predicted molar refractivity (Wildman–Crippen MR) is 221 cm³/mol. The van der Waals surface area contributed by atoms with Crippen molar-refractivity contribution in [1.29, 1.82) is 0 Å². The van der Waals surface area contributed by atoms with Gasteiger partial charge in [-0.15, -0.1) is 0 Å². The van der Waals surface area contributed by atoms with Crippen molar-refractivity contribution in [2.45, 2.75) is 13.1 Å². The first-order valence-electron chi connectivity index (χ1n) is 18.3. The average Bonchev–Trinajstić information content (AvgIpc) is 3.86. The van der Waals surface area contributed by atoms with Gasteiger partial charge in [-0.1, -0.05) is 72.8 Å². The van der Waals surface area contributed by atoms with E-state index >= 15 is 0 Å². The van der Waals surface area contributed by atoms with E-state index in [0.717, 1.165) is 66.7 Å². The maximum absolute atomic E-state index is 12.3. The van der Waals surface area contributed by atoms with E-state index in [2.05, 4.69) is 10.4 Å². The molecule has 0 saturated heterocycles. The highest BCUT2D eigenvalue weighted by Gasteiger charge is 2.13. The number of aliphatic hydroxyl groups excluding tert-OH is 1. The number of hydrogen-bond donors (Lipinski definition) is 3. The van der Waals surface area contributed by atoms with Gasteiger partial charge in [-0.25, -0.2) is 4.79 Å². The van der Waals surface area contributed by atoms with Gasteiger partial charge in [0.1, 0.15) is 11.5 Å². The molecule has 8 aromatic rings. The first-order chi connectivity index (χ1) is 27.8. The molecule has 0 atom stereocenters. The van der Waals surface area contributed by atoms with Crippen LogP contribution in [-0.2, 0) is 13.1 Å². The van der Waals surface area contributed by atoms with Crippen molar-refractivity contribution in [1.82, 2.24) is 24.9 Å². The largest absolute Gasteiger partial charge is 0.497 e. The van der Waals surface area contributed by atoms with Crippen LogP contribution in [0.1, 0.15) is 31.8 Å². The van der Waals surface area contributed by atoms with Gasteiger partial charge < -0.3 is 25.0 Å². The Morgan fingerprint density at radius 2 is 1.09 bits per heavy atom. The molecule has 57 heavy (non-hydrogen) atoms. The van der Waals surface area contributed by atoms with Crippen LogP contribution in [0.5, 0.6) is 11.5 Å². The lowest BCUT2D eigenvalue weighted by molar-refractivity contribution is 0.0696. The number of methoxy groups -OCH3 is 2. The number of nitrogens with zero attached hydrogens (tertiary/aromatic N) is 4. The summed E-state index contributed by atoms with van der Waals surface area (Å²) in [6.07, 6.45) is 4.03. The van der Waals surface area contributed by atoms with E-state index in [-0.39, 0.29) is 24.6 Å². The molecular formula is C46H41N5O6. The molecule has 11 nitrogen and oxygen atoms in total. The molecule has 11 heteroatoms. The van der Waals surface area contributed by atoms with E-state index < -0.39 is 5.97 Å². The van der Waals surface area contributed by atoms with Gasteiger partial charge in [-0.2, -0.15) is 10.2 Å². The number of aliphatic hydroxyl groups is 1. The fourth-order valence-electron chi connectivity index (χ4n) is 6.68. The van der Waals surface area contributed by atoms with Gasteiger partial charge in [-0.05, 0) is 94.0 Å². The standard InChI is InChI=1S/C24H23N3O3.C22H18N2O3/c1-30-20-8-2-5-17(13-20)15-27-16-22-21(9-4-10-23(22)26-27)18-6-3-7-19(14-18)24(29)25-11-12-28;1-27-18-8-2-5-15(11-18)13-24-14-20-19(9-4-10-21(20)23-24)16-6-3-7-17(12-16)22(25)26/h2-10,13-14,16,28H,11-12,15H2,1H3,(H,25,29);2-12,14H,13H2,1H3,(H,25,26). The van der Waals surface area contributed by atoms with Gasteiger partial charge in [0.05, 0.1) is 50.5 Å². The summed E-state index contributed by atoms with van der Waals surface area (Å²) < 4.78 is 14.4. The molecule has 6 aromatic carbocycles. The second-order valence-electron chi connectivity index (χ2n) is 13.3. The smallest absolute Gasteiger partial charge is 0.335 e. The highest BCUT2D eigenvalue weighted by atomic mass is 16.5. The number of benzene rings is 6. The number of carbonyl (C=O) groups excluding carboxylic acids is 1. The summed E-state index contributed by atoms with van der Waals surface area (Å²) in [4.78, 5) is 23.5. The third kappa shape index (κ3) is 9.01. The summed E-state index contributed by atoms with van der Waals surface area (Å²) in [6.45, 7) is 1.41. The van der Waals surface area contributed by atoms with Crippen LogP contribution in [0.15, 0.2) is 146 Å². The van der Waals surface area contributed by atoms with Gasteiger partial charge in [0.2, 0.25) is 0 Å². The first-order valence-corrected chi connectivity index (χ1v) is 18.3. The summed E-state index contributed by atoms with van der Waals surface area (Å²) in [6, 6.07) is 42.1. The van der Waals surface area contributed by atoms with Crippen molar-refractivity contribution < 1.29 is 29.3 Å². The van der Waals surface area contributed by atoms with Gasteiger partial charge in [-0.3, -0.25) is 14.2 Å². The molecule has 2 aromatic heterocycles. The number of rotatable bonds is 12. The van der Waals surface area contributed by atoms with E-state index in [1.165, 1.54) is 0 Å². The fraction of sp³-hybridized carbons (Fsp3) is 0.130. The van der Waals surface area contributed by atoms with Gasteiger partial charge in [0.15, 0.2) is 0 Å². The Morgan fingerprint density at radius 3 is 1.58 bits per heavy atom. The molecule has 0 aliphatic carbocycles. The molecule has 0 spiro atoms. The maximum atomic E-state index is 12.3. The van der Waals surface area contributed by atoms with Crippen molar-refractivity contribution in [3.63, 3.8) is 0 Å². The predicted octanol–water partition coefficient (Wildman–Crippen LogP) is 7.94. The number of nitrogens with one attached hydrogen (secondary N) is 1. The summed E-state index contributed by atoms with van der Waals surface area (Å²) >= 11 is 0. The minimum Gasteiger partial charge on any atom is -0.497 e. The quantitative estimate of drug-likeness (QED) is 0.114. The highest BCUT2D eigenvalue weighted by molar-refractivity contribution is 5.99. The lowest BCUT2D eigenvalue weighted by Crippen LogP contribution is -2.26. The Bertz CT molecular complexity index is 2680. The van der Waals surface area contributed by atoms with Crippen LogP contribution in [0.2, 0.25) is 0 Å². The minimum atomic E-state index is -0.933. The number of fused-ring (bicyclic) bond motifs is 2. The molecule has 8 rings (SSSR count). The second-order valence-corrected chi connectivity index (χ2v) is 13.3. The highest BCUT2D eigenvalue weighted by Crippen LogP contribution is 2.31. The number of aromatic nitrogens is 4. The van der Waals surface area contributed by atoms with Gasteiger partial charge >= 0.3 is 5.97 Å². The Hall–Kier alpha value is -7.24. The zero-order valence-electron chi connectivity index (χ0n) is 31.5. The molecule has 3 N–H and O–H groups in total. The van der Waals surface area contributed by atoms with Crippen LogP contribution in [0.25, 0.3) is 44.1 Å². The van der Waals surface area contributed by atoms with E-state index in [9.17, 15) is 14.7 Å². The lowest BCUT2D eigenvalue weighted by Gasteiger charge is -2.07.